The van der Waals surface area contributed by atoms with Crippen molar-refractivity contribution in [1.82, 2.24) is 0 Å². The van der Waals surface area contributed by atoms with Crippen molar-refractivity contribution < 1.29 is 24.1 Å². The number of carbonyl (C=O) groups is 1. The molecule has 0 saturated heterocycles. The minimum atomic E-state index is -0.721. The van der Waals surface area contributed by atoms with Crippen molar-refractivity contribution in [3.05, 3.63) is 42.5 Å². The van der Waals surface area contributed by atoms with Crippen LogP contribution in [0.2, 0.25) is 0 Å². The Morgan fingerprint density at radius 2 is 1.69 bits per heavy atom. The number of para-hydroxylation sites is 1. The summed E-state index contributed by atoms with van der Waals surface area (Å²) >= 11 is 0. The minimum Gasteiger partial charge on any atom is -0.490 e. The van der Waals surface area contributed by atoms with Crippen LogP contribution in [-0.4, -0.2) is 43.1 Å². The fourth-order valence-corrected chi connectivity index (χ4v) is 2.86. The van der Waals surface area contributed by atoms with Crippen LogP contribution in [0.4, 0.5) is 0 Å². The predicted molar refractivity (Wildman–Crippen MR) is 116 cm³/mol. The van der Waals surface area contributed by atoms with Crippen LogP contribution in [0.1, 0.15) is 65.2 Å². The standard InChI is InChI=1S/C24H38O5/c1-4-5-6-7-8-9-13-16-27-18-21(25)17-23(29-24(26)20(2)3)19-28-22-14-11-10-12-15-22/h10-12,14-15,21,23,25H,2,4-9,13,16-19H2,1,3H3. The molecular formula is C24H38O5. The molecule has 0 aliphatic rings. The summed E-state index contributed by atoms with van der Waals surface area (Å²) in [6, 6.07) is 9.31. The van der Waals surface area contributed by atoms with Gasteiger partial charge in [0.25, 0.3) is 0 Å². The lowest BCUT2D eigenvalue weighted by Crippen LogP contribution is -2.31. The van der Waals surface area contributed by atoms with Crippen LogP contribution in [0.15, 0.2) is 42.5 Å². The van der Waals surface area contributed by atoms with Crippen LogP contribution in [0.25, 0.3) is 0 Å². The zero-order chi connectivity index (χ0) is 21.3. The first-order valence-corrected chi connectivity index (χ1v) is 10.8. The average Bonchev–Trinajstić information content (AvgIpc) is 2.71. The average molecular weight is 407 g/mol. The van der Waals surface area contributed by atoms with E-state index in [0.29, 0.717) is 17.9 Å². The van der Waals surface area contributed by atoms with Gasteiger partial charge in [-0.1, -0.05) is 70.2 Å². The Kier molecular flexibility index (Phi) is 13.9. The van der Waals surface area contributed by atoms with E-state index >= 15 is 0 Å². The molecule has 0 aliphatic heterocycles. The number of benzene rings is 1. The summed E-state index contributed by atoms with van der Waals surface area (Å²) in [5.41, 5.74) is 0.319. The molecule has 0 amide bonds. The molecule has 1 aromatic carbocycles. The van der Waals surface area contributed by atoms with Gasteiger partial charge in [-0.2, -0.15) is 0 Å². The molecule has 5 nitrogen and oxygen atoms in total. The number of aliphatic hydroxyl groups is 1. The maximum absolute atomic E-state index is 11.9. The molecule has 2 atom stereocenters. The Labute approximate surface area is 176 Å². The molecule has 1 N–H and O–H groups in total. The zero-order valence-corrected chi connectivity index (χ0v) is 18.1. The highest BCUT2D eigenvalue weighted by molar-refractivity contribution is 5.87. The minimum absolute atomic E-state index is 0.165. The molecule has 1 aromatic rings. The Balaban J connectivity index is 2.29. The molecule has 0 aromatic heterocycles. The van der Waals surface area contributed by atoms with Gasteiger partial charge in [0.15, 0.2) is 0 Å². The van der Waals surface area contributed by atoms with Gasteiger partial charge in [0.1, 0.15) is 18.5 Å². The molecule has 0 aliphatic carbocycles. The number of hydrogen-bond acceptors (Lipinski definition) is 5. The van der Waals surface area contributed by atoms with Crippen molar-refractivity contribution in [2.24, 2.45) is 0 Å². The summed E-state index contributed by atoms with van der Waals surface area (Å²) in [6.07, 6.45) is 7.53. The topological polar surface area (TPSA) is 65.0 Å². The Morgan fingerprint density at radius 1 is 1.03 bits per heavy atom. The van der Waals surface area contributed by atoms with Crippen molar-refractivity contribution >= 4 is 5.97 Å². The normalized spacial score (nSPS) is 12.9. The number of hydrogen-bond donors (Lipinski definition) is 1. The van der Waals surface area contributed by atoms with Crippen molar-refractivity contribution in [2.75, 3.05) is 19.8 Å². The van der Waals surface area contributed by atoms with Gasteiger partial charge < -0.3 is 19.3 Å². The molecule has 0 radical (unpaired) electrons. The van der Waals surface area contributed by atoms with Crippen LogP contribution in [0.5, 0.6) is 5.75 Å². The molecule has 2 unspecified atom stereocenters. The third-order valence-electron chi connectivity index (χ3n) is 4.54. The largest absolute Gasteiger partial charge is 0.490 e. The monoisotopic (exact) mass is 406 g/mol. The Bertz CT molecular complexity index is 558. The fraction of sp³-hybridized carbons (Fsp3) is 0.625. The molecule has 0 spiro atoms. The number of rotatable bonds is 17. The first-order valence-electron chi connectivity index (χ1n) is 10.8. The molecule has 0 saturated carbocycles. The molecule has 29 heavy (non-hydrogen) atoms. The van der Waals surface area contributed by atoms with Crippen LogP contribution in [0.3, 0.4) is 0 Å². The smallest absolute Gasteiger partial charge is 0.333 e. The van der Waals surface area contributed by atoms with Gasteiger partial charge >= 0.3 is 5.97 Å². The molecule has 164 valence electrons. The van der Waals surface area contributed by atoms with Crippen LogP contribution >= 0.6 is 0 Å². The summed E-state index contributed by atoms with van der Waals surface area (Å²) in [7, 11) is 0. The highest BCUT2D eigenvalue weighted by Gasteiger charge is 2.20. The summed E-state index contributed by atoms with van der Waals surface area (Å²) in [6.45, 7) is 8.45. The highest BCUT2D eigenvalue weighted by Crippen LogP contribution is 2.13. The van der Waals surface area contributed by atoms with Gasteiger partial charge in [0.2, 0.25) is 0 Å². The van der Waals surface area contributed by atoms with Gasteiger partial charge in [-0.25, -0.2) is 4.79 Å². The van der Waals surface area contributed by atoms with Gasteiger partial charge in [0, 0.05) is 18.6 Å². The maximum Gasteiger partial charge on any atom is 0.333 e. The highest BCUT2D eigenvalue weighted by atomic mass is 16.6. The predicted octanol–water partition coefficient (Wildman–Crippen LogP) is 5.07. The van der Waals surface area contributed by atoms with Crippen molar-refractivity contribution in [2.45, 2.75) is 77.4 Å². The fourth-order valence-electron chi connectivity index (χ4n) is 2.86. The maximum atomic E-state index is 11.9. The molecule has 5 heteroatoms. The van der Waals surface area contributed by atoms with Crippen LogP contribution in [-0.2, 0) is 14.3 Å². The lowest BCUT2D eigenvalue weighted by Gasteiger charge is -2.21. The number of unbranched alkanes of at least 4 members (excludes halogenated alkanes) is 6. The van der Waals surface area contributed by atoms with Gasteiger partial charge in [0.05, 0.1) is 12.7 Å². The van der Waals surface area contributed by atoms with E-state index in [1.54, 1.807) is 6.92 Å². The molecular weight excluding hydrogens is 368 g/mol. The van der Waals surface area contributed by atoms with E-state index in [4.69, 9.17) is 14.2 Å². The van der Waals surface area contributed by atoms with E-state index in [1.165, 1.54) is 32.1 Å². The van der Waals surface area contributed by atoms with Gasteiger partial charge in [-0.3, -0.25) is 0 Å². The Hall–Kier alpha value is -1.85. The lowest BCUT2D eigenvalue weighted by molar-refractivity contribution is -0.147. The van der Waals surface area contributed by atoms with E-state index in [-0.39, 0.29) is 19.6 Å². The van der Waals surface area contributed by atoms with E-state index in [9.17, 15) is 9.90 Å². The first kappa shape index (κ1) is 25.2. The van der Waals surface area contributed by atoms with E-state index < -0.39 is 18.2 Å². The van der Waals surface area contributed by atoms with E-state index in [2.05, 4.69) is 13.5 Å². The first-order chi connectivity index (χ1) is 14.0. The summed E-state index contributed by atoms with van der Waals surface area (Å²) in [5, 5.41) is 10.3. The zero-order valence-electron chi connectivity index (χ0n) is 18.1. The SMILES string of the molecule is C=C(C)C(=O)OC(COc1ccccc1)CC(O)COCCCCCCCCC. The van der Waals surface area contributed by atoms with Crippen LogP contribution in [0, 0.1) is 0 Å². The molecule has 1 rings (SSSR count). The second-order valence-electron chi connectivity index (χ2n) is 7.52. The van der Waals surface area contributed by atoms with E-state index in [1.807, 2.05) is 30.3 Å². The summed E-state index contributed by atoms with van der Waals surface area (Å²) < 4.78 is 16.7. The lowest BCUT2D eigenvalue weighted by atomic mass is 10.1. The van der Waals surface area contributed by atoms with Crippen LogP contribution < -0.4 is 4.74 Å². The number of ether oxygens (including phenoxy) is 3. The second-order valence-corrected chi connectivity index (χ2v) is 7.52. The third-order valence-corrected chi connectivity index (χ3v) is 4.54. The van der Waals surface area contributed by atoms with E-state index in [0.717, 1.165) is 12.8 Å². The van der Waals surface area contributed by atoms with Crippen molar-refractivity contribution in [1.29, 1.82) is 0 Å². The molecule has 0 fully saturated rings. The van der Waals surface area contributed by atoms with Gasteiger partial charge in [-0.15, -0.1) is 0 Å². The number of esters is 1. The van der Waals surface area contributed by atoms with Crippen molar-refractivity contribution in [3.63, 3.8) is 0 Å². The summed E-state index contributed by atoms with van der Waals surface area (Å²) in [4.78, 5) is 11.9. The second kappa shape index (κ2) is 16.0. The van der Waals surface area contributed by atoms with Gasteiger partial charge in [-0.05, 0) is 25.5 Å². The quantitative estimate of drug-likeness (QED) is 0.222. The molecule has 0 bridgehead atoms. The molecule has 0 heterocycles. The summed E-state index contributed by atoms with van der Waals surface area (Å²) in [5.74, 6) is 0.205. The van der Waals surface area contributed by atoms with Crippen molar-refractivity contribution in [3.8, 4) is 5.75 Å². The number of aliphatic hydroxyl groups excluding tert-OH is 1. The third kappa shape index (κ3) is 13.1. The Morgan fingerprint density at radius 3 is 2.34 bits per heavy atom. The number of carbonyl (C=O) groups excluding carboxylic acids is 1.